The van der Waals surface area contributed by atoms with Gasteiger partial charge >= 0.3 is 0 Å². The van der Waals surface area contributed by atoms with Crippen LogP contribution in [0.15, 0.2) is 96.4 Å². The highest BCUT2D eigenvalue weighted by molar-refractivity contribution is 7.10. The Bertz CT molecular complexity index is 1260. The van der Waals surface area contributed by atoms with E-state index in [1.165, 1.54) is 28.4 Å². The third-order valence-corrected chi connectivity index (χ3v) is 6.41. The SMILES string of the molecule is COc1ccc(CNC(=O)C(c2ccccc2)N(C(=O)Cc2cccs2)c2ccccc2F)cc1. The first-order chi connectivity index (χ1) is 17.1. The molecule has 1 N–H and O–H groups in total. The van der Waals surface area contributed by atoms with Crippen LogP contribution in [0.2, 0.25) is 0 Å². The van der Waals surface area contributed by atoms with Crippen molar-refractivity contribution in [3.8, 4) is 5.75 Å². The maximum Gasteiger partial charge on any atom is 0.248 e. The normalized spacial score (nSPS) is 11.5. The van der Waals surface area contributed by atoms with E-state index in [0.29, 0.717) is 11.3 Å². The molecule has 4 aromatic rings. The van der Waals surface area contributed by atoms with Crippen molar-refractivity contribution in [2.75, 3.05) is 12.0 Å². The highest BCUT2D eigenvalue weighted by Gasteiger charge is 2.34. The second-order valence-corrected chi connectivity index (χ2v) is 8.88. The van der Waals surface area contributed by atoms with Gasteiger partial charge in [-0.3, -0.25) is 14.5 Å². The van der Waals surface area contributed by atoms with Gasteiger partial charge < -0.3 is 10.1 Å². The molecule has 0 fully saturated rings. The van der Waals surface area contributed by atoms with E-state index in [1.807, 2.05) is 47.8 Å². The molecule has 1 aromatic heterocycles. The number of nitrogens with zero attached hydrogens (tertiary/aromatic N) is 1. The molecule has 1 heterocycles. The van der Waals surface area contributed by atoms with Crippen LogP contribution in [0.3, 0.4) is 0 Å². The van der Waals surface area contributed by atoms with Crippen LogP contribution < -0.4 is 15.0 Å². The number of halogens is 1. The molecule has 0 radical (unpaired) electrons. The van der Waals surface area contributed by atoms with Gasteiger partial charge in [0.1, 0.15) is 17.6 Å². The van der Waals surface area contributed by atoms with Crippen LogP contribution in [-0.2, 0) is 22.6 Å². The Labute approximate surface area is 207 Å². The largest absolute Gasteiger partial charge is 0.497 e. The van der Waals surface area contributed by atoms with Gasteiger partial charge in [-0.05, 0) is 46.8 Å². The molecule has 35 heavy (non-hydrogen) atoms. The number of benzene rings is 3. The number of amides is 2. The van der Waals surface area contributed by atoms with E-state index in [-0.39, 0.29) is 24.6 Å². The molecule has 0 spiro atoms. The van der Waals surface area contributed by atoms with Gasteiger partial charge in [-0.25, -0.2) is 4.39 Å². The molecule has 2 amide bonds. The minimum Gasteiger partial charge on any atom is -0.497 e. The van der Waals surface area contributed by atoms with E-state index >= 15 is 4.39 Å². The maximum atomic E-state index is 15.0. The van der Waals surface area contributed by atoms with Crippen molar-refractivity contribution in [3.63, 3.8) is 0 Å². The third-order valence-electron chi connectivity index (χ3n) is 5.53. The monoisotopic (exact) mass is 488 g/mol. The van der Waals surface area contributed by atoms with E-state index in [0.717, 1.165) is 10.4 Å². The first-order valence-corrected chi connectivity index (χ1v) is 12.0. The summed E-state index contributed by atoms with van der Waals surface area (Å²) in [5.41, 5.74) is 1.51. The van der Waals surface area contributed by atoms with Gasteiger partial charge in [0.25, 0.3) is 0 Å². The van der Waals surface area contributed by atoms with Crippen molar-refractivity contribution in [2.45, 2.75) is 19.0 Å². The number of carbonyl (C=O) groups is 2. The van der Waals surface area contributed by atoms with E-state index < -0.39 is 17.8 Å². The molecule has 7 heteroatoms. The lowest BCUT2D eigenvalue weighted by Crippen LogP contribution is -2.44. The predicted octanol–water partition coefficient (Wildman–Crippen LogP) is 5.53. The molecule has 5 nitrogen and oxygen atoms in total. The fourth-order valence-electron chi connectivity index (χ4n) is 3.79. The van der Waals surface area contributed by atoms with Crippen molar-refractivity contribution in [2.24, 2.45) is 0 Å². The molecule has 0 saturated heterocycles. The Kier molecular flexibility index (Phi) is 7.90. The zero-order valence-electron chi connectivity index (χ0n) is 19.2. The number of methoxy groups -OCH3 is 1. The smallest absolute Gasteiger partial charge is 0.248 e. The number of hydrogen-bond donors (Lipinski definition) is 1. The van der Waals surface area contributed by atoms with Gasteiger partial charge in [0.2, 0.25) is 11.8 Å². The summed E-state index contributed by atoms with van der Waals surface area (Å²) in [6.45, 7) is 0.246. The first kappa shape index (κ1) is 24.2. The van der Waals surface area contributed by atoms with Crippen molar-refractivity contribution >= 4 is 28.8 Å². The highest BCUT2D eigenvalue weighted by atomic mass is 32.1. The molecular formula is C28H25FN2O3S. The molecule has 4 rings (SSSR count). The Balaban J connectivity index is 1.69. The van der Waals surface area contributed by atoms with Crippen LogP contribution in [0.4, 0.5) is 10.1 Å². The van der Waals surface area contributed by atoms with Crippen LogP contribution in [0.5, 0.6) is 5.75 Å². The third kappa shape index (κ3) is 5.94. The summed E-state index contributed by atoms with van der Waals surface area (Å²) in [7, 11) is 1.59. The first-order valence-electron chi connectivity index (χ1n) is 11.1. The lowest BCUT2D eigenvalue weighted by molar-refractivity contribution is -0.126. The predicted molar refractivity (Wildman–Crippen MR) is 136 cm³/mol. The molecule has 1 atom stereocenters. The van der Waals surface area contributed by atoms with Crippen LogP contribution in [0.25, 0.3) is 0 Å². The zero-order valence-corrected chi connectivity index (χ0v) is 20.0. The number of para-hydroxylation sites is 1. The lowest BCUT2D eigenvalue weighted by atomic mass is 10.0. The molecule has 1 unspecified atom stereocenters. The number of rotatable bonds is 9. The van der Waals surface area contributed by atoms with Crippen molar-refractivity contribution < 1.29 is 18.7 Å². The number of nitrogens with one attached hydrogen (secondary N) is 1. The minimum atomic E-state index is -1.06. The molecule has 0 saturated carbocycles. The van der Waals surface area contributed by atoms with Crippen LogP contribution >= 0.6 is 11.3 Å². The average Bonchev–Trinajstić information content (AvgIpc) is 3.40. The van der Waals surface area contributed by atoms with Gasteiger partial charge in [-0.2, -0.15) is 0 Å². The van der Waals surface area contributed by atoms with E-state index in [9.17, 15) is 9.59 Å². The van der Waals surface area contributed by atoms with Crippen molar-refractivity contribution in [1.82, 2.24) is 5.32 Å². The number of carbonyl (C=O) groups excluding carboxylic acids is 2. The second-order valence-electron chi connectivity index (χ2n) is 7.85. The summed E-state index contributed by atoms with van der Waals surface area (Å²) in [6.07, 6.45) is 0.0566. The Morgan fingerprint density at radius 3 is 2.31 bits per heavy atom. The van der Waals surface area contributed by atoms with E-state index in [4.69, 9.17) is 4.74 Å². The Hall–Kier alpha value is -3.97. The summed E-state index contributed by atoms with van der Waals surface area (Å²) in [4.78, 5) is 29.3. The summed E-state index contributed by atoms with van der Waals surface area (Å²) >= 11 is 1.44. The molecule has 3 aromatic carbocycles. The zero-order chi connectivity index (χ0) is 24.6. The molecule has 0 bridgehead atoms. The topological polar surface area (TPSA) is 58.6 Å². The highest BCUT2D eigenvalue weighted by Crippen LogP contribution is 2.31. The molecule has 0 aliphatic heterocycles. The second kappa shape index (κ2) is 11.4. The lowest BCUT2D eigenvalue weighted by Gasteiger charge is -2.31. The van der Waals surface area contributed by atoms with Gasteiger partial charge in [0.15, 0.2) is 0 Å². The summed E-state index contributed by atoms with van der Waals surface area (Å²) in [5.74, 6) is -0.635. The van der Waals surface area contributed by atoms with Gasteiger partial charge in [-0.1, -0.05) is 60.7 Å². The van der Waals surface area contributed by atoms with E-state index in [1.54, 1.807) is 43.5 Å². The van der Waals surface area contributed by atoms with Gasteiger partial charge in [0, 0.05) is 11.4 Å². The summed E-state index contributed by atoms with van der Waals surface area (Å²) < 4.78 is 20.2. The number of hydrogen-bond acceptors (Lipinski definition) is 4. The number of anilines is 1. The fourth-order valence-corrected chi connectivity index (χ4v) is 4.49. The van der Waals surface area contributed by atoms with Crippen LogP contribution in [-0.4, -0.2) is 18.9 Å². The van der Waals surface area contributed by atoms with E-state index in [2.05, 4.69) is 5.32 Å². The Morgan fingerprint density at radius 1 is 0.943 bits per heavy atom. The van der Waals surface area contributed by atoms with Crippen molar-refractivity contribution in [1.29, 1.82) is 0 Å². The average molecular weight is 489 g/mol. The van der Waals surface area contributed by atoms with Gasteiger partial charge in [-0.15, -0.1) is 11.3 Å². The maximum absolute atomic E-state index is 15.0. The molecule has 178 valence electrons. The van der Waals surface area contributed by atoms with Gasteiger partial charge in [0.05, 0.1) is 19.2 Å². The molecule has 0 aliphatic carbocycles. The minimum absolute atomic E-state index is 0.0566. The standard InChI is InChI=1S/C28H25FN2O3S/c1-34-22-15-13-20(14-16-22)19-30-28(33)27(21-8-3-2-4-9-21)31(25-12-6-5-11-24(25)29)26(32)18-23-10-7-17-35-23/h2-17,27H,18-19H2,1H3,(H,30,33). The van der Waals surface area contributed by atoms with Crippen LogP contribution in [0, 0.1) is 5.82 Å². The Morgan fingerprint density at radius 2 is 1.66 bits per heavy atom. The van der Waals surface area contributed by atoms with Crippen molar-refractivity contribution in [3.05, 3.63) is 118 Å². The summed E-state index contributed by atoms with van der Waals surface area (Å²) in [6, 6.07) is 25.0. The van der Waals surface area contributed by atoms with Crippen LogP contribution in [0.1, 0.15) is 22.0 Å². The number of thiophene rings is 1. The quantitative estimate of drug-likeness (QED) is 0.337. The molecule has 0 aliphatic rings. The number of ether oxygens (including phenoxy) is 1. The fraction of sp³-hybridized carbons (Fsp3) is 0.143. The summed E-state index contributed by atoms with van der Waals surface area (Å²) in [5, 5.41) is 4.81. The molecular weight excluding hydrogens is 463 g/mol.